The molecule has 0 heterocycles. The molecule has 0 saturated carbocycles. The molecule has 1 unspecified atom stereocenters. The molecule has 0 spiro atoms. The zero-order valence-corrected chi connectivity index (χ0v) is 18.0. The molecule has 0 aromatic carbocycles. The molecule has 0 N–H and O–H groups in total. The lowest BCUT2D eigenvalue weighted by Gasteiger charge is -2.23. The van der Waals surface area contributed by atoms with Crippen LogP contribution in [-0.4, -0.2) is 0 Å². The van der Waals surface area contributed by atoms with E-state index in [1.807, 2.05) is 0 Å². The van der Waals surface area contributed by atoms with Crippen molar-refractivity contribution in [2.75, 3.05) is 0 Å². The van der Waals surface area contributed by atoms with Crippen LogP contribution in [0.4, 0.5) is 0 Å². The lowest BCUT2D eigenvalue weighted by atomic mass is 9.83. The van der Waals surface area contributed by atoms with Gasteiger partial charge in [-0.15, -0.1) is 0 Å². The Morgan fingerprint density at radius 2 is 1.17 bits per heavy atom. The number of unbranched alkanes of at least 4 members (excludes halogenated alkanes) is 6. The molecule has 0 amide bonds. The molecular formula is C23H52. The van der Waals surface area contributed by atoms with Crippen LogP contribution in [0.5, 0.6) is 0 Å². The first kappa shape index (κ1) is 25.2. The summed E-state index contributed by atoms with van der Waals surface area (Å²) in [7, 11) is 0. The van der Waals surface area contributed by atoms with Gasteiger partial charge in [-0.3, -0.25) is 0 Å². The van der Waals surface area contributed by atoms with E-state index in [0.29, 0.717) is 5.41 Å². The molecule has 0 aliphatic carbocycles. The first-order chi connectivity index (χ1) is 10.9. The number of rotatable bonds is 14. The molecule has 0 aliphatic rings. The first-order valence-electron chi connectivity index (χ1n) is 10.9. The molecule has 0 saturated heterocycles. The van der Waals surface area contributed by atoms with Crippen molar-refractivity contribution in [2.24, 2.45) is 11.3 Å². The zero-order valence-electron chi connectivity index (χ0n) is 18.0. The second-order valence-electron chi connectivity index (χ2n) is 8.47. The Labute approximate surface area is 151 Å². The maximum Gasteiger partial charge on any atom is 0 e. The van der Waals surface area contributed by atoms with E-state index in [4.69, 9.17) is 0 Å². The molecule has 0 heteroatoms. The fraction of sp³-hybridized carbons (Fsp3) is 1.00. The molecule has 1 atom stereocenters. The van der Waals surface area contributed by atoms with Crippen molar-refractivity contribution in [3.8, 4) is 0 Å². The van der Waals surface area contributed by atoms with E-state index in [-0.39, 0.29) is 1.43 Å². The average Bonchev–Trinajstić information content (AvgIpc) is 2.49. The lowest BCUT2D eigenvalue weighted by molar-refractivity contribution is 0.291. The van der Waals surface area contributed by atoms with Crippen molar-refractivity contribution in [1.29, 1.82) is 0 Å². The van der Waals surface area contributed by atoms with Crippen molar-refractivity contribution in [3.63, 3.8) is 0 Å². The Kier molecular flexibility index (Phi) is 20.1. The minimum atomic E-state index is 0. The average molecular weight is 329 g/mol. The topological polar surface area (TPSA) is 0 Å². The second kappa shape index (κ2) is 18.3. The van der Waals surface area contributed by atoms with Gasteiger partial charge in [0.15, 0.2) is 0 Å². The zero-order chi connectivity index (χ0) is 18.0. The Bertz CT molecular complexity index is 210. The SMILES string of the molecule is CCCCCCC(C)(C)CCC.CCCCCCC(C)CCC.[HH]. The van der Waals surface area contributed by atoms with Crippen LogP contribution in [0.2, 0.25) is 0 Å². The van der Waals surface area contributed by atoms with Crippen LogP contribution in [0.1, 0.15) is 140 Å². The highest BCUT2D eigenvalue weighted by Crippen LogP contribution is 2.28. The Hall–Kier alpha value is 0. The van der Waals surface area contributed by atoms with Crippen molar-refractivity contribution in [3.05, 3.63) is 0 Å². The van der Waals surface area contributed by atoms with Crippen molar-refractivity contribution >= 4 is 0 Å². The maximum absolute atomic E-state index is 2.41. The lowest BCUT2D eigenvalue weighted by Crippen LogP contribution is -2.10. The molecule has 0 fully saturated rings. The third kappa shape index (κ3) is 22.0. The summed E-state index contributed by atoms with van der Waals surface area (Å²) in [5.74, 6) is 0.969. The molecule has 0 bridgehead atoms. The van der Waals surface area contributed by atoms with E-state index < -0.39 is 0 Å². The summed E-state index contributed by atoms with van der Waals surface area (Å²) >= 11 is 0. The molecule has 23 heavy (non-hydrogen) atoms. The molecule has 144 valence electrons. The van der Waals surface area contributed by atoms with Crippen LogP contribution < -0.4 is 0 Å². The van der Waals surface area contributed by atoms with E-state index in [9.17, 15) is 0 Å². The molecule has 0 radical (unpaired) electrons. The van der Waals surface area contributed by atoms with Crippen molar-refractivity contribution < 1.29 is 1.43 Å². The van der Waals surface area contributed by atoms with Crippen LogP contribution in [0, 0.1) is 11.3 Å². The minimum Gasteiger partial charge on any atom is -0.0654 e. The van der Waals surface area contributed by atoms with Gasteiger partial charge in [0, 0.05) is 1.43 Å². The molecule has 0 aliphatic heterocycles. The standard InChI is InChI=1S/C12H26.C11H24.H2/c1-5-7-8-9-11-12(3,4)10-6-2;1-4-6-7-8-10-11(3)9-5-2;/h5-11H2,1-4H3;11H,4-10H2,1-3H3;1H. The van der Waals surface area contributed by atoms with Crippen LogP contribution in [0.3, 0.4) is 0 Å². The van der Waals surface area contributed by atoms with Gasteiger partial charge in [-0.25, -0.2) is 0 Å². The van der Waals surface area contributed by atoms with Crippen molar-refractivity contribution in [2.45, 2.75) is 138 Å². The maximum atomic E-state index is 2.41. The highest BCUT2D eigenvalue weighted by Gasteiger charge is 2.15. The van der Waals surface area contributed by atoms with E-state index >= 15 is 0 Å². The fourth-order valence-corrected chi connectivity index (χ4v) is 3.39. The number of hydrogen-bond donors (Lipinski definition) is 0. The highest BCUT2D eigenvalue weighted by molar-refractivity contribution is 4.67. The third-order valence-electron chi connectivity index (χ3n) is 4.97. The van der Waals surface area contributed by atoms with E-state index in [1.54, 1.807) is 0 Å². The predicted octanol–water partition coefficient (Wildman–Crippen LogP) is 9.42. The summed E-state index contributed by atoms with van der Waals surface area (Å²) in [6.45, 7) is 16.3. The van der Waals surface area contributed by atoms with Gasteiger partial charge in [-0.05, 0) is 24.2 Å². The Morgan fingerprint density at radius 1 is 0.609 bits per heavy atom. The van der Waals surface area contributed by atoms with Crippen LogP contribution >= 0.6 is 0 Å². The van der Waals surface area contributed by atoms with Gasteiger partial charge in [-0.2, -0.15) is 0 Å². The quantitative estimate of drug-likeness (QED) is 0.278. The summed E-state index contributed by atoms with van der Waals surface area (Å²) in [4.78, 5) is 0. The number of hydrogen-bond acceptors (Lipinski definition) is 0. The van der Waals surface area contributed by atoms with Crippen LogP contribution in [0.15, 0.2) is 0 Å². The first-order valence-corrected chi connectivity index (χ1v) is 10.9. The predicted molar refractivity (Wildman–Crippen MR) is 112 cm³/mol. The Balaban J connectivity index is -0.000000354. The third-order valence-corrected chi connectivity index (χ3v) is 4.97. The smallest absolute Gasteiger partial charge is 0 e. The van der Waals surface area contributed by atoms with Crippen molar-refractivity contribution in [1.82, 2.24) is 0 Å². The van der Waals surface area contributed by atoms with E-state index in [1.165, 1.54) is 89.9 Å². The van der Waals surface area contributed by atoms with E-state index in [2.05, 4.69) is 48.5 Å². The molecule has 0 nitrogen and oxygen atoms in total. The summed E-state index contributed by atoms with van der Waals surface area (Å²) < 4.78 is 0. The normalized spacial score (nSPS) is 12.7. The van der Waals surface area contributed by atoms with Gasteiger partial charge in [0.25, 0.3) is 0 Å². The van der Waals surface area contributed by atoms with Gasteiger partial charge >= 0.3 is 0 Å². The summed E-state index contributed by atoms with van der Waals surface area (Å²) in [5.41, 5.74) is 0.600. The van der Waals surface area contributed by atoms with Gasteiger partial charge < -0.3 is 0 Å². The van der Waals surface area contributed by atoms with Crippen LogP contribution in [0.25, 0.3) is 0 Å². The van der Waals surface area contributed by atoms with Gasteiger partial charge in [0.2, 0.25) is 0 Å². The second-order valence-corrected chi connectivity index (χ2v) is 8.47. The van der Waals surface area contributed by atoms with Gasteiger partial charge in [-0.1, -0.05) is 126 Å². The largest absolute Gasteiger partial charge is 0.0654 e. The molecule has 0 aromatic rings. The monoisotopic (exact) mass is 328 g/mol. The molecular weight excluding hydrogens is 276 g/mol. The Morgan fingerprint density at radius 3 is 1.65 bits per heavy atom. The van der Waals surface area contributed by atoms with Crippen LogP contribution in [-0.2, 0) is 0 Å². The summed E-state index contributed by atoms with van der Waals surface area (Å²) in [6.07, 6.45) is 19.7. The molecule has 0 rings (SSSR count). The van der Waals surface area contributed by atoms with E-state index in [0.717, 1.165) is 5.92 Å². The molecule has 0 aromatic heterocycles. The summed E-state index contributed by atoms with van der Waals surface area (Å²) in [5, 5.41) is 0. The summed E-state index contributed by atoms with van der Waals surface area (Å²) in [6, 6.07) is 0. The van der Waals surface area contributed by atoms with Gasteiger partial charge in [0.05, 0.1) is 0 Å². The highest BCUT2D eigenvalue weighted by atomic mass is 14.2. The fourth-order valence-electron chi connectivity index (χ4n) is 3.39. The minimum absolute atomic E-state index is 0. The van der Waals surface area contributed by atoms with Gasteiger partial charge in [0.1, 0.15) is 0 Å².